The summed E-state index contributed by atoms with van der Waals surface area (Å²) in [5.41, 5.74) is 1.11. The average Bonchev–Trinajstić information content (AvgIpc) is 2.38. The first kappa shape index (κ1) is 16.6. The minimum absolute atomic E-state index is 0.0735. The molecule has 1 rings (SSSR count). The van der Waals surface area contributed by atoms with Gasteiger partial charge in [0.05, 0.1) is 11.5 Å². The Kier molecular flexibility index (Phi) is 5.67. The van der Waals surface area contributed by atoms with Crippen molar-refractivity contribution in [2.45, 2.75) is 11.8 Å². The molecule has 0 heterocycles. The first-order valence-electron chi connectivity index (χ1n) is 6.10. The monoisotopic (exact) mass is 300 g/mol. The van der Waals surface area contributed by atoms with E-state index in [1.165, 1.54) is 24.1 Å². The molecule has 0 aromatic heterocycles. The Morgan fingerprint density at radius 2 is 2.00 bits per heavy atom. The summed E-state index contributed by atoms with van der Waals surface area (Å²) < 4.78 is 31.4. The number of amides is 1. The molecule has 112 valence electrons. The molecule has 0 unspecified atom stereocenters. The summed E-state index contributed by atoms with van der Waals surface area (Å²) in [5, 5.41) is 0. The molecule has 0 radical (unpaired) electrons. The van der Waals surface area contributed by atoms with Crippen LogP contribution in [-0.2, 0) is 14.8 Å². The van der Waals surface area contributed by atoms with E-state index in [-0.39, 0.29) is 24.0 Å². The minimum Gasteiger partial charge on any atom is -0.383 e. The molecule has 1 aromatic rings. The van der Waals surface area contributed by atoms with E-state index in [0.29, 0.717) is 5.56 Å². The van der Waals surface area contributed by atoms with Gasteiger partial charge in [-0.25, -0.2) is 13.1 Å². The van der Waals surface area contributed by atoms with Crippen LogP contribution in [0.1, 0.15) is 15.9 Å². The lowest BCUT2D eigenvalue weighted by molar-refractivity contribution is 0.0826. The van der Waals surface area contributed by atoms with Crippen LogP contribution in [0, 0.1) is 6.92 Å². The van der Waals surface area contributed by atoms with Gasteiger partial charge in [0.15, 0.2) is 0 Å². The second-order valence-corrected chi connectivity index (χ2v) is 6.33. The number of hydrogen-bond acceptors (Lipinski definition) is 4. The highest BCUT2D eigenvalue weighted by molar-refractivity contribution is 7.89. The lowest BCUT2D eigenvalue weighted by Crippen LogP contribution is -2.28. The standard InChI is InChI=1S/C13H20N2O4S/c1-10-5-6-11(9-12(10)13(16)15(2)3)20(17,18)14-7-8-19-4/h5-6,9,14H,7-8H2,1-4H3. The van der Waals surface area contributed by atoms with Crippen molar-refractivity contribution < 1.29 is 17.9 Å². The van der Waals surface area contributed by atoms with E-state index in [0.717, 1.165) is 5.56 Å². The molecule has 1 amide bonds. The fraction of sp³-hybridized carbons (Fsp3) is 0.462. The van der Waals surface area contributed by atoms with Crippen LogP contribution >= 0.6 is 0 Å². The summed E-state index contributed by atoms with van der Waals surface area (Å²) >= 11 is 0. The van der Waals surface area contributed by atoms with Crippen LogP contribution in [0.2, 0.25) is 0 Å². The highest BCUT2D eigenvalue weighted by Crippen LogP contribution is 2.16. The Hall–Kier alpha value is -1.44. The highest BCUT2D eigenvalue weighted by atomic mass is 32.2. The van der Waals surface area contributed by atoms with Crippen LogP contribution in [0.4, 0.5) is 0 Å². The fourth-order valence-corrected chi connectivity index (χ4v) is 2.64. The van der Waals surface area contributed by atoms with Gasteiger partial charge in [-0.3, -0.25) is 4.79 Å². The molecular formula is C13H20N2O4S. The van der Waals surface area contributed by atoms with Gasteiger partial charge in [-0.05, 0) is 24.6 Å². The van der Waals surface area contributed by atoms with E-state index in [9.17, 15) is 13.2 Å². The van der Waals surface area contributed by atoms with Crippen molar-refractivity contribution >= 4 is 15.9 Å². The maximum Gasteiger partial charge on any atom is 0.253 e. The highest BCUT2D eigenvalue weighted by Gasteiger charge is 2.18. The number of hydrogen-bond donors (Lipinski definition) is 1. The SMILES string of the molecule is COCCNS(=O)(=O)c1ccc(C)c(C(=O)N(C)C)c1. The van der Waals surface area contributed by atoms with Crippen LogP contribution in [0.15, 0.2) is 23.1 Å². The van der Waals surface area contributed by atoms with Gasteiger partial charge in [0.1, 0.15) is 0 Å². The summed E-state index contributed by atoms with van der Waals surface area (Å²) in [6.07, 6.45) is 0. The second-order valence-electron chi connectivity index (χ2n) is 4.57. The Morgan fingerprint density at radius 1 is 1.35 bits per heavy atom. The van der Waals surface area contributed by atoms with Gasteiger partial charge in [0, 0.05) is 33.3 Å². The predicted octanol–water partition coefficient (Wildman–Crippen LogP) is 0.622. The predicted molar refractivity (Wildman–Crippen MR) is 76.3 cm³/mol. The van der Waals surface area contributed by atoms with Crippen molar-refractivity contribution in [3.8, 4) is 0 Å². The summed E-state index contributed by atoms with van der Waals surface area (Å²) in [6, 6.07) is 4.51. The molecule has 0 aliphatic heterocycles. The van der Waals surface area contributed by atoms with Gasteiger partial charge >= 0.3 is 0 Å². The third-order valence-electron chi connectivity index (χ3n) is 2.75. The molecule has 0 saturated carbocycles. The summed E-state index contributed by atoms with van der Waals surface area (Å²) in [4.78, 5) is 13.5. The van der Waals surface area contributed by atoms with Gasteiger partial charge in [-0.2, -0.15) is 0 Å². The summed E-state index contributed by atoms with van der Waals surface area (Å²) in [6.45, 7) is 2.24. The number of methoxy groups -OCH3 is 1. The van der Waals surface area contributed by atoms with Crippen LogP contribution in [-0.4, -0.2) is 53.6 Å². The van der Waals surface area contributed by atoms with Crippen molar-refractivity contribution in [3.63, 3.8) is 0 Å². The van der Waals surface area contributed by atoms with Crippen molar-refractivity contribution in [3.05, 3.63) is 29.3 Å². The molecule has 1 N–H and O–H groups in total. The zero-order chi connectivity index (χ0) is 15.3. The van der Waals surface area contributed by atoms with Gasteiger partial charge < -0.3 is 9.64 Å². The number of carbonyl (C=O) groups is 1. The summed E-state index contributed by atoms with van der Waals surface area (Å²) in [7, 11) is 1.11. The van der Waals surface area contributed by atoms with Gasteiger partial charge in [-0.1, -0.05) is 6.07 Å². The molecule has 7 heteroatoms. The van der Waals surface area contributed by atoms with E-state index >= 15 is 0 Å². The van der Waals surface area contributed by atoms with Crippen LogP contribution < -0.4 is 4.72 Å². The third-order valence-corrected chi connectivity index (χ3v) is 4.21. The van der Waals surface area contributed by atoms with Crippen LogP contribution in [0.25, 0.3) is 0 Å². The first-order chi connectivity index (χ1) is 9.29. The lowest BCUT2D eigenvalue weighted by atomic mass is 10.1. The normalized spacial score (nSPS) is 11.4. The quantitative estimate of drug-likeness (QED) is 0.782. The molecule has 0 aliphatic rings. The third kappa shape index (κ3) is 4.03. The smallest absolute Gasteiger partial charge is 0.253 e. The zero-order valence-electron chi connectivity index (χ0n) is 12.1. The second kappa shape index (κ2) is 6.83. The van der Waals surface area contributed by atoms with Crippen molar-refractivity contribution in [1.82, 2.24) is 9.62 Å². The number of nitrogens with zero attached hydrogens (tertiary/aromatic N) is 1. The van der Waals surface area contributed by atoms with Crippen molar-refractivity contribution in [2.75, 3.05) is 34.4 Å². The number of aryl methyl sites for hydroxylation is 1. The van der Waals surface area contributed by atoms with Crippen LogP contribution in [0.5, 0.6) is 0 Å². The van der Waals surface area contributed by atoms with E-state index in [2.05, 4.69) is 4.72 Å². The molecule has 0 spiro atoms. The first-order valence-corrected chi connectivity index (χ1v) is 7.59. The minimum atomic E-state index is -3.63. The Labute approximate surface area is 119 Å². The topological polar surface area (TPSA) is 75.7 Å². The van der Waals surface area contributed by atoms with Gasteiger partial charge in [0.2, 0.25) is 10.0 Å². The zero-order valence-corrected chi connectivity index (χ0v) is 13.0. The number of ether oxygens (including phenoxy) is 1. The molecule has 1 aromatic carbocycles. The van der Waals surface area contributed by atoms with Gasteiger partial charge in [-0.15, -0.1) is 0 Å². The maximum absolute atomic E-state index is 12.1. The van der Waals surface area contributed by atoms with E-state index < -0.39 is 10.0 Å². The molecular weight excluding hydrogens is 280 g/mol. The fourth-order valence-electron chi connectivity index (χ4n) is 1.60. The number of carbonyl (C=O) groups excluding carboxylic acids is 1. The molecule has 0 fully saturated rings. The Balaban J connectivity index is 3.09. The maximum atomic E-state index is 12.1. The largest absolute Gasteiger partial charge is 0.383 e. The number of sulfonamides is 1. The van der Waals surface area contributed by atoms with E-state index in [1.807, 2.05) is 0 Å². The molecule has 0 aliphatic carbocycles. The Morgan fingerprint density at radius 3 is 2.55 bits per heavy atom. The number of rotatable bonds is 6. The molecule has 0 bridgehead atoms. The molecule has 0 atom stereocenters. The van der Waals surface area contributed by atoms with Crippen LogP contribution in [0.3, 0.4) is 0 Å². The Bertz CT molecular complexity index is 582. The van der Waals surface area contributed by atoms with Gasteiger partial charge in [0.25, 0.3) is 5.91 Å². The molecule has 6 nitrogen and oxygen atoms in total. The van der Waals surface area contributed by atoms with Crippen molar-refractivity contribution in [2.24, 2.45) is 0 Å². The number of nitrogens with one attached hydrogen (secondary N) is 1. The molecule has 0 saturated heterocycles. The number of benzene rings is 1. The summed E-state index contributed by atoms with van der Waals surface area (Å²) in [5.74, 6) is -0.226. The average molecular weight is 300 g/mol. The van der Waals surface area contributed by atoms with Crippen molar-refractivity contribution in [1.29, 1.82) is 0 Å². The molecule has 20 heavy (non-hydrogen) atoms. The lowest BCUT2D eigenvalue weighted by Gasteiger charge is -2.14. The van der Waals surface area contributed by atoms with E-state index in [1.54, 1.807) is 27.1 Å². The van der Waals surface area contributed by atoms with E-state index in [4.69, 9.17) is 4.74 Å².